The van der Waals surface area contributed by atoms with Crippen LogP contribution in [0.15, 0.2) is 53.3 Å². The number of halogens is 2. The quantitative estimate of drug-likeness (QED) is 0.228. The van der Waals surface area contributed by atoms with Crippen LogP contribution in [0.25, 0.3) is 5.69 Å². The van der Waals surface area contributed by atoms with E-state index in [2.05, 4.69) is 37.2 Å². The molecule has 1 atom stereocenters. The number of pyridine rings is 1. The van der Waals surface area contributed by atoms with Crippen LogP contribution in [0, 0.1) is 27.3 Å². The van der Waals surface area contributed by atoms with Crippen LogP contribution in [0.5, 0.6) is 0 Å². The smallest absolute Gasteiger partial charge is 0.358 e. The molecule has 0 saturated heterocycles. The molecule has 0 unspecified atom stereocenters. The van der Waals surface area contributed by atoms with Crippen LogP contribution in [-0.4, -0.2) is 29.5 Å². The molecule has 0 saturated carbocycles. The highest BCUT2D eigenvalue weighted by Gasteiger charge is 2.22. The molecule has 3 aromatic heterocycles. The lowest BCUT2D eigenvalue weighted by molar-refractivity contribution is -0.390. The minimum absolute atomic E-state index is 0.224. The Bertz CT molecular complexity index is 1440. The van der Waals surface area contributed by atoms with Gasteiger partial charge in [0.05, 0.1) is 27.1 Å². The van der Waals surface area contributed by atoms with Crippen molar-refractivity contribution in [2.45, 2.75) is 39.2 Å². The van der Waals surface area contributed by atoms with Gasteiger partial charge in [-0.3, -0.25) is 4.68 Å². The van der Waals surface area contributed by atoms with Crippen molar-refractivity contribution in [3.8, 4) is 11.8 Å². The van der Waals surface area contributed by atoms with E-state index < -0.39 is 10.7 Å². The molecule has 11 heteroatoms. The summed E-state index contributed by atoms with van der Waals surface area (Å²) >= 11 is 3.32. The van der Waals surface area contributed by atoms with E-state index in [1.54, 1.807) is 33.8 Å². The zero-order valence-corrected chi connectivity index (χ0v) is 20.6. The first-order chi connectivity index (χ1) is 16.8. The predicted octanol–water partition coefficient (Wildman–Crippen LogP) is 5.10. The van der Waals surface area contributed by atoms with E-state index in [0.29, 0.717) is 39.9 Å². The zero-order chi connectivity index (χ0) is 25.1. The second kappa shape index (κ2) is 10.1. The Morgan fingerprint density at radius 3 is 2.77 bits per heavy atom. The maximum atomic E-state index is 14.3. The van der Waals surface area contributed by atoms with Gasteiger partial charge in [-0.1, -0.05) is 6.92 Å². The fourth-order valence-corrected chi connectivity index (χ4v) is 4.47. The lowest BCUT2D eigenvalue weighted by Gasteiger charge is -2.18. The standard InChI is InChI=1S/C24H21BrFN7O2/c1-3-31-21(13-27)12-19(30-31)11-20-6-7-29-32(20)23-5-4-18(26)10-22(23)15(2)8-16-9-17(25)14-28-24(16)33(34)35/h4-7,9-10,12,14-15H,3,8,11H2,1-2H3/t15-/m0/s1. The molecule has 0 N–H and O–H groups in total. The van der Waals surface area contributed by atoms with Gasteiger partial charge in [0.25, 0.3) is 0 Å². The monoisotopic (exact) mass is 537 g/mol. The Morgan fingerprint density at radius 1 is 1.29 bits per heavy atom. The van der Waals surface area contributed by atoms with Crippen molar-refractivity contribution in [1.82, 2.24) is 24.5 Å². The molecule has 3 heterocycles. The lowest BCUT2D eigenvalue weighted by atomic mass is 9.92. The predicted molar refractivity (Wildman–Crippen MR) is 130 cm³/mol. The molecule has 0 spiro atoms. The summed E-state index contributed by atoms with van der Waals surface area (Å²) in [5.74, 6) is -0.916. The summed E-state index contributed by atoms with van der Waals surface area (Å²) in [6, 6.07) is 11.8. The normalized spacial score (nSPS) is 11.9. The van der Waals surface area contributed by atoms with Crippen LogP contribution < -0.4 is 0 Å². The third kappa shape index (κ3) is 5.12. The molecule has 4 rings (SSSR count). The number of rotatable bonds is 8. The SMILES string of the molecule is CCn1nc(Cc2ccnn2-c2ccc(F)cc2[C@@H](C)Cc2cc(Br)cnc2[N+](=O)[O-])cc1C#N. The van der Waals surface area contributed by atoms with Crippen LogP contribution in [0.1, 0.15) is 48.0 Å². The van der Waals surface area contributed by atoms with Gasteiger partial charge in [-0.15, -0.1) is 0 Å². The first-order valence-electron chi connectivity index (χ1n) is 10.9. The third-order valence-corrected chi connectivity index (χ3v) is 6.12. The first kappa shape index (κ1) is 24.2. The zero-order valence-electron chi connectivity index (χ0n) is 19.0. The highest BCUT2D eigenvalue weighted by atomic mass is 79.9. The summed E-state index contributed by atoms with van der Waals surface area (Å²) in [5.41, 5.74) is 3.78. The third-order valence-electron chi connectivity index (χ3n) is 5.69. The molecule has 0 aliphatic carbocycles. The summed E-state index contributed by atoms with van der Waals surface area (Å²) in [6.07, 6.45) is 3.74. The van der Waals surface area contributed by atoms with Gasteiger partial charge in [0.15, 0.2) is 6.20 Å². The molecule has 0 radical (unpaired) electrons. The summed E-state index contributed by atoms with van der Waals surface area (Å²) in [6.45, 7) is 4.38. The highest BCUT2D eigenvalue weighted by Crippen LogP contribution is 2.31. The van der Waals surface area contributed by atoms with Crippen molar-refractivity contribution in [1.29, 1.82) is 5.26 Å². The second-order valence-corrected chi connectivity index (χ2v) is 8.98. The Kier molecular flexibility index (Phi) is 7.02. The number of benzene rings is 1. The maximum absolute atomic E-state index is 14.3. The number of aromatic nitrogens is 5. The minimum Gasteiger partial charge on any atom is -0.358 e. The van der Waals surface area contributed by atoms with Gasteiger partial charge in [-0.2, -0.15) is 15.5 Å². The van der Waals surface area contributed by atoms with E-state index in [9.17, 15) is 19.8 Å². The fraction of sp³-hybridized carbons (Fsp3) is 0.250. The average molecular weight is 538 g/mol. The largest absolute Gasteiger partial charge is 0.366 e. The number of aryl methyl sites for hydroxylation is 1. The van der Waals surface area contributed by atoms with Crippen LogP contribution in [0.2, 0.25) is 0 Å². The van der Waals surface area contributed by atoms with E-state index in [-0.39, 0.29) is 18.2 Å². The molecule has 1 aromatic carbocycles. The van der Waals surface area contributed by atoms with Crippen molar-refractivity contribution in [3.63, 3.8) is 0 Å². The molecule has 178 valence electrons. The molecule has 0 aliphatic heterocycles. The van der Waals surface area contributed by atoms with Gasteiger partial charge >= 0.3 is 5.82 Å². The van der Waals surface area contributed by atoms with E-state index in [4.69, 9.17) is 0 Å². The molecule has 0 amide bonds. The van der Waals surface area contributed by atoms with E-state index >= 15 is 0 Å². The van der Waals surface area contributed by atoms with Crippen LogP contribution >= 0.6 is 15.9 Å². The van der Waals surface area contributed by atoms with Crippen molar-refractivity contribution in [3.05, 3.63) is 97.4 Å². The van der Waals surface area contributed by atoms with Crippen LogP contribution in [-0.2, 0) is 19.4 Å². The van der Waals surface area contributed by atoms with Gasteiger partial charge in [0, 0.05) is 19.2 Å². The van der Waals surface area contributed by atoms with Gasteiger partial charge in [-0.05, 0) is 87.1 Å². The van der Waals surface area contributed by atoms with Gasteiger partial charge in [0.1, 0.15) is 17.6 Å². The summed E-state index contributed by atoms with van der Waals surface area (Å²) < 4.78 is 18.3. The van der Waals surface area contributed by atoms with Crippen molar-refractivity contribution in [2.75, 3.05) is 0 Å². The minimum atomic E-state index is -0.516. The van der Waals surface area contributed by atoms with E-state index in [1.165, 1.54) is 18.3 Å². The topological polar surface area (TPSA) is 115 Å². The lowest BCUT2D eigenvalue weighted by Crippen LogP contribution is -2.11. The van der Waals surface area contributed by atoms with Crippen molar-refractivity contribution >= 4 is 21.7 Å². The van der Waals surface area contributed by atoms with Crippen LogP contribution in [0.3, 0.4) is 0 Å². The molecule has 0 aliphatic rings. The van der Waals surface area contributed by atoms with E-state index in [0.717, 1.165) is 11.4 Å². The Labute approximate surface area is 209 Å². The molecular weight excluding hydrogens is 517 g/mol. The summed E-state index contributed by atoms with van der Waals surface area (Å²) in [4.78, 5) is 14.9. The number of hydrogen-bond acceptors (Lipinski definition) is 6. The van der Waals surface area contributed by atoms with Crippen molar-refractivity contribution in [2.24, 2.45) is 0 Å². The average Bonchev–Trinajstić information content (AvgIpc) is 3.45. The highest BCUT2D eigenvalue weighted by molar-refractivity contribution is 9.10. The summed E-state index contributed by atoms with van der Waals surface area (Å²) in [5, 5.41) is 29.7. The molecular formula is C24H21BrFN7O2. The Hall–Kier alpha value is -3.91. The number of nitriles is 1. The number of nitro groups is 1. The summed E-state index contributed by atoms with van der Waals surface area (Å²) in [7, 11) is 0. The second-order valence-electron chi connectivity index (χ2n) is 8.06. The Balaban J connectivity index is 1.70. The van der Waals surface area contributed by atoms with E-state index in [1.807, 2.05) is 19.9 Å². The van der Waals surface area contributed by atoms with Crippen molar-refractivity contribution < 1.29 is 9.31 Å². The molecule has 0 bridgehead atoms. The number of hydrogen-bond donors (Lipinski definition) is 0. The molecule has 35 heavy (non-hydrogen) atoms. The molecule has 4 aromatic rings. The molecule has 0 fully saturated rings. The van der Waals surface area contributed by atoms with Crippen LogP contribution in [0.4, 0.5) is 10.2 Å². The maximum Gasteiger partial charge on any atom is 0.366 e. The first-order valence-corrected chi connectivity index (χ1v) is 11.7. The Morgan fingerprint density at radius 2 is 2.09 bits per heavy atom. The fourth-order valence-electron chi connectivity index (χ4n) is 4.10. The molecule has 9 nitrogen and oxygen atoms in total. The van der Waals surface area contributed by atoms with Gasteiger partial charge in [-0.25, -0.2) is 9.07 Å². The van der Waals surface area contributed by atoms with Gasteiger partial charge < -0.3 is 10.1 Å². The van der Waals surface area contributed by atoms with Gasteiger partial charge in [0.2, 0.25) is 0 Å². The number of nitrogens with zero attached hydrogens (tertiary/aromatic N) is 7.